The van der Waals surface area contributed by atoms with Gasteiger partial charge < -0.3 is 16.4 Å². The Bertz CT molecular complexity index is 305. The number of hydrogen-bond acceptors (Lipinski definition) is 3. The molecule has 0 bridgehead atoms. The molecule has 1 fully saturated rings. The Labute approximate surface area is 109 Å². The first-order valence-corrected chi connectivity index (χ1v) is 6.75. The summed E-state index contributed by atoms with van der Waals surface area (Å²) in [6, 6.07) is 0.193. The SMILES string of the molecule is CC(N)CCCC(C)C(=O)N1CCC(C(N)=O)C1. The van der Waals surface area contributed by atoms with E-state index in [1.807, 2.05) is 13.8 Å². The third-order valence-electron chi connectivity index (χ3n) is 3.62. The van der Waals surface area contributed by atoms with Crippen molar-refractivity contribution in [2.45, 2.75) is 45.6 Å². The molecule has 1 aliphatic heterocycles. The number of primary amides is 1. The normalized spacial score (nSPS) is 22.8. The van der Waals surface area contributed by atoms with Crippen molar-refractivity contribution in [2.24, 2.45) is 23.3 Å². The van der Waals surface area contributed by atoms with Crippen molar-refractivity contribution >= 4 is 11.8 Å². The molecule has 0 radical (unpaired) electrons. The van der Waals surface area contributed by atoms with Gasteiger partial charge in [-0.2, -0.15) is 0 Å². The molecule has 3 unspecified atom stereocenters. The first kappa shape index (κ1) is 15.0. The number of hydrogen-bond donors (Lipinski definition) is 2. The second kappa shape index (κ2) is 6.73. The van der Waals surface area contributed by atoms with Gasteiger partial charge in [-0.1, -0.05) is 13.3 Å². The second-order valence-electron chi connectivity index (χ2n) is 5.48. The summed E-state index contributed by atoms with van der Waals surface area (Å²) in [6.07, 6.45) is 3.48. The maximum absolute atomic E-state index is 12.1. The van der Waals surface area contributed by atoms with E-state index in [0.717, 1.165) is 19.3 Å². The van der Waals surface area contributed by atoms with Gasteiger partial charge in [-0.15, -0.1) is 0 Å². The number of nitrogens with zero attached hydrogens (tertiary/aromatic N) is 1. The van der Waals surface area contributed by atoms with Crippen molar-refractivity contribution in [1.82, 2.24) is 4.90 Å². The molecule has 18 heavy (non-hydrogen) atoms. The maximum Gasteiger partial charge on any atom is 0.225 e. The topological polar surface area (TPSA) is 89.4 Å². The highest BCUT2D eigenvalue weighted by molar-refractivity contribution is 5.82. The highest BCUT2D eigenvalue weighted by atomic mass is 16.2. The molecular formula is C13H25N3O2. The van der Waals surface area contributed by atoms with Gasteiger partial charge in [0, 0.05) is 25.0 Å². The average Bonchev–Trinajstić information content (AvgIpc) is 2.76. The molecule has 0 saturated carbocycles. The molecule has 1 aliphatic rings. The van der Waals surface area contributed by atoms with Crippen LogP contribution in [-0.4, -0.2) is 35.8 Å². The Hall–Kier alpha value is -1.10. The van der Waals surface area contributed by atoms with Gasteiger partial charge >= 0.3 is 0 Å². The smallest absolute Gasteiger partial charge is 0.225 e. The van der Waals surface area contributed by atoms with E-state index in [2.05, 4.69) is 0 Å². The van der Waals surface area contributed by atoms with Crippen LogP contribution in [0.4, 0.5) is 0 Å². The van der Waals surface area contributed by atoms with E-state index in [4.69, 9.17) is 11.5 Å². The molecule has 0 aromatic carbocycles. The van der Waals surface area contributed by atoms with Crippen molar-refractivity contribution in [1.29, 1.82) is 0 Å². The minimum Gasteiger partial charge on any atom is -0.369 e. The summed E-state index contributed by atoms with van der Waals surface area (Å²) in [5, 5.41) is 0. The Morgan fingerprint density at radius 1 is 1.33 bits per heavy atom. The standard InChI is InChI=1S/C13H25N3O2/c1-9(4-3-5-10(2)14)13(18)16-7-6-11(8-16)12(15)17/h9-11H,3-8,14H2,1-2H3,(H2,15,17). The Morgan fingerprint density at radius 2 is 2.00 bits per heavy atom. The van der Waals surface area contributed by atoms with Gasteiger partial charge in [0.25, 0.3) is 0 Å². The predicted molar refractivity (Wildman–Crippen MR) is 70.5 cm³/mol. The third-order valence-corrected chi connectivity index (χ3v) is 3.62. The third kappa shape index (κ3) is 4.29. The lowest BCUT2D eigenvalue weighted by atomic mass is 10.0. The van der Waals surface area contributed by atoms with Gasteiger partial charge in [-0.25, -0.2) is 0 Å². The molecule has 1 saturated heterocycles. The van der Waals surface area contributed by atoms with Crippen molar-refractivity contribution in [3.05, 3.63) is 0 Å². The van der Waals surface area contributed by atoms with Crippen LogP contribution in [0.2, 0.25) is 0 Å². The summed E-state index contributed by atoms with van der Waals surface area (Å²) < 4.78 is 0. The van der Waals surface area contributed by atoms with E-state index < -0.39 is 0 Å². The fraction of sp³-hybridized carbons (Fsp3) is 0.846. The second-order valence-corrected chi connectivity index (χ2v) is 5.48. The quantitative estimate of drug-likeness (QED) is 0.723. The van der Waals surface area contributed by atoms with Gasteiger partial charge in [-0.3, -0.25) is 9.59 Å². The molecular weight excluding hydrogens is 230 g/mol. The molecule has 0 aromatic heterocycles. The molecule has 5 nitrogen and oxygen atoms in total. The highest BCUT2D eigenvalue weighted by Crippen LogP contribution is 2.20. The molecule has 104 valence electrons. The van der Waals surface area contributed by atoms with E-state index in [1.165, 1.54) is 0 Å². The monoisotopic (exact) mass is 255 g/mol. The van der Waals surface area contributed by atoms with Crippen LogP contribution in [0.3, 0.4) is 0 Å². The lowest BCUT2D eigenvalue weighted by molar-refractivity contribution is -0.134. The molecule has 3 atom stereocenters. The van der Waals surface area contributed by atoms with Crippen LogP contribution in [-0.2, 0) is 9.59 Å². The van der Waals surface area contributed by atoms with Crippen LogP contribution in [0.25, 0.3) is 0 Å². The van der Waals surface area contributed by atoms with Crippen LogP contribution in [0.1, 0.15) is 39.5 Å². The summed E-state index contributed by atoms with van der Waals surface area (Å²) in [5.74, 6) is -0.307. The number of rotatable bonds is 6. The van der Waals surface area contributed by atoms with E-state index >= 15 is 0 Å². The zero-order valence-electron chi connectivity index (χ0n) is 11.4. The number of nitrogens with two attached hydrogens (primary N) is 2. The summed E-state index contributed by atoms with van der Waals surface area (Å²) >= 11 is 0. The number of carbonyl (C=O) groups excluding carboxylic acids is 2. The zero-order chi connectivity index (χ0) is 13.7. The largest absolute Gasteiger partial charge is 0.369 e. The average molecular weight is 255 g/mol. The Morgan fingerprint density at radius 3 is 2.50 bits per heavy atom. The van der Waals surface area contributed by atoms with Crippen molar-refractivity contribution in [3.8, 4) is 0 Å². The molecule has 0 spiro atoms. The first-order valence-electron chi connectivity index (χ1n) is 6.75. The molecule has 1 heterocycles. The number of amides is 2. The Kier molecular flexibility index (Phi) is 5.59. The Balaban J connectivity index is 2.33. The fourth-order valence-corrected chi connectivity index (χ4v) is 2.37. The molecule has 0 aliphatic carbocycles. The number of likely N-dealkylation sites (tertiary alicyclic amines) is 1. The fourth-order valence-electron chi connectivity index (χ4n) is 2.37. The zero-order valence-corrected chi connectivity index (χ0v) is 11.4. The van der Waals surface area contributed by atoms with Gasteiger partial charge in [0.2, 0.25) is 11.8 Å². The molecule has 0 aromatic rings. The summed E-state index contributed by atoms with van der Waals surface area (Å²) in [5.41, 5.74) is 10.9. The lowest BCUT2D eigenvalue weighted by Crippen LogP contribution is -2.35. The minimum absolute atomic E-state index is 0.00961. The lowest BCUT2D eigenvalue weighted by Gasteiger charge is -2.21. The molecule has 2 amide bonds. The van der Waals surface area contributed by atoms with Crippen molar-refractivity contribution < 1.29 is 9.59 Å². The van der Waals surface area contributed by atoms with Gasteiger partial charge in [0.15, 0.2) is 0 Å². The minimum atomic E-state index is -0.296. The van der Waals surface area contributed by atoms with Crippen LogP contribution >= 0.6 is 0 Å². The predicted octanol–water partition coefficient (Wildman–Crippen LogP) is 0.474. The molecule has 4 N–H and O–H groups in total. The highest BCUT2D eigenvalue weighted by Gasteiger charge is 2.31. The van der Waals surface area contributed by atoms with E-state index in [9.17, 15) is 9.59 Å². The maximum atomic E-state index is 12.1. The van der Waals surface area contributed by atoms with Crippen LogP contribution in [0.15, 0.2) is 0 Å². The van der Waals surface area contributed by atoms with Crippen molar-refractivity contribution in [3.63, 3.8) is 0 Å². The van der Waals surface area contributed by atoms with Gasteiger partial charge in [-0.05, 0) is 26.2 Å². The number of carbonyl (C=O) groups is 2. The molecule has 5 heteroatoms. The van der Waals surface area contributed by atoms with Crippen LogP contribution in [0, 0.1) is 11.8 Å². The summed E-state index contributed by atoms with van der Waals surface area (Å²) in [4.78, 5) is 25.0. The van der Waals surface area contributed by atoms with E-state index in [0.29, 0.717) is 19.5 Å². The van der Waals surface area contributed by atoms with Gasteiger partial charge in [0.1, 0.15) is 0 Å². The molecule has 1 rings (SSSR count). The first-order chi connectivity index (χ1) is 8.41. The summed E-state index contributed by atoms with van der Waals surface area (Å²) in [7, 11) is 0. The van der Waals surface area contributed by atoms with Crippen molar-refractivity contribution in [2.75, 3.05) is 13.1 Å². The summed E-state index contributed by atoms with van der Waals surface area (Å²) in [6.45, 7) is 5.07. The van der Waals surface area contributed by atoms with E-state index in [1.54, 1.807) is 4.90 Å². The van der Waals surface area contributed by atoms with Crippen LogP contribution < -0.4 is 11.5 Å². The van der Waals surface area contributed by atoms with Gasteiger partial charge in [0.05, 0.1) is 5.92 Å². The van der Waals surface area contributed by atoms with Crippen LogP contribution in [0.5, 0.6) is 0 Å². The van der Waals surface area contributed by atoms with E-state index in [-0.39, 0.29) is 29.7 Å².